The molecule has 1 fully saturated rings. The second-order valence-corrected chi connectivity index (χ2v) is 9.07. The molecule has 2 aliphatic rings. The van der Waals surface area contributed by atoms with Crippen LogP contribution >= 0.6 is 0 Å². The van der Waals surface area contributed by atoms with Gasteiger partial charge in [0.2, 0.25) is 5.95 Å². The Bertz CT molecular complexity index is 1500. The summed E-state index contributed by atoms with van der Waals surface area (Å²) in [5, 5.41) is 0. The number of hydrogen-bond acceptors (Lipinski definition) is 6. The monoisotopic (exact) mass is 501 g/mol. The molecule has 186 valence electrons. The molecule has 0 saturated carbocycles. The Hall–Kier alpha value is -4.40. The molecule has 1 aromatic heterocycles. The smallest absolute Gasteiger partial charge is 0.368 e. The Balaban J connectivity index is 1.31. The highest BCUT2D eigenvalue weighted by Gasteiger charge is 2.36. The van der Waals surface area contributed by atoms with Gasteiger partial charge in [0, 0.05) is 54.2 Å². The fraction of sp³-hybridized carbons (Fsp3) is 0.179. The number of halogens is 3. The lowest BCUT2D eigenvalue weighted by atomic mass is 10.0. The summed E-state index contributed by atoms with van der Waals surface area (Å²) in [6, 6.07) is 20.3. The number of hydrogen-bond donors (Lipinski definition) is 1. The standard InChI is InChI=1S/C28H22F3N5O/c29-28(30,31)18-9-11-19(12-10-18)35-13-15-36(16-14-35)21-8-4-7-20-22(21)25-23(26(20)37)24(33-27(32)34-25)17-5-2-1-3-6-17/h1-12H,13-16H2,(H2,32,33,34). The van der Waals surface area contributed by atoms with Crippen LogP contribution in [-0.4, -0.2) is 41.9 Å². The lowest BCUT2D eigenvalue weighted by Crippen LogP contribution is -2.46. The van der Waals surface area contributed by atoms with Crippen molar-refractivity contribution in [3.05, 3.63) is 89.5 Å². The molecule has 2 N–H and O–H groups in total. The van der Waals surface area contributed by atoms with E-state index >= 15 is 0 Å². The van der Waals surface area contributed by atoms with E-state index < -0.39 is 11.7 Å². The summed E-state index contributed by atoms with van der Waals surface area (Å²) in [5.41, 5.74) is 10.7. The number of carbonyl (C=O) groups excluding carboxylic acids is 1. The first-order chi connectivity index (χ1) is 17.8. The third-order valence-electron chi connectivity index (χ3n) is 6.90. The molecule has 4 aromatic rings. The van der Waals surface area contributed by atoms with Crippen molar-refractivity contribution in [1.29, 1.82) is 0 Å². The molecule has 0 bridgehead atoms. The van der Waals surface area contributed by atoms with Crippen molar-refractivity contribution < 1.29 is 18.0 Å². The summed E-state index contributed by atoms with van der Waals surface area (Å²) in [6.07, 6.45) is -4.36. The summed E-state index contributed by atoms with van der Waals surface area (Å²) in [5.74, 6) is -0.0331. The van der Waals surface area contributed by atoms with Crippen LogP contribution in [0.2, 0.25) is 0 Å². The molecule has 9 heteroatoms. The van der Waals surface area contributed by atoms with Gasteiger partial charge in [-0.25, -0.2) is 9.97 Å². The van der Waals surface area contributed by atoms with Gasteiger partial charge in [-0.05, 0) is 30.3 Å². The molecule has 0 atom stereocenters. The third-order valence-corrected chi connectivity index (χ3v) is 6.90. The van der Waals surface area contributed by atoms with Crippen LogP contribution in [0.4, 0.5) is 30.5 Å². The zero-order valence-electron chi connectivity index (χ0n) is 19.7. The number of rotatable bonds is 3. The van der Waals surface area contributed by atoms with E-state index in [-0.39, 0.29) is 11.7 Å². The molecule has 6 nitrogen and oxygen atoms in total. The molecule has 1 aliphatic carbocycles. The molecule has 6 rings (SSSR count). The Labute approximate surface area is 211 Å². The maximum atomic E-state index is 13.5. The van der Waals surface area contributed by atoms with Crippen molar-refractivity contribution in [3.63, 3.8) is 0 Å². The number of aromatic nitrogens is 2. The zero-order valence-corrected chi connectivity index (χ0v) is 19.7. The minimum Gasteiger partial charge on any atom is -0.368 e. The summed E-state index contributed by atoms with van der Waals surface area (Å²) in [6.45, 7) is 2.51. The minimum atomic E-state index is -4.36. The van der Waals surface area contributed by atoms with E-state index in [1.165, 1.54) is 12.1 Å². The van der Waals surface area contributed by atoms with Crippen molar-refractivity contribution in [3.8, 4) is 22.5 Å². The third kappa shape index (κ3) is 3.96. The van der Waals surface area contributed by atoms with Gasteiger partial charge in [0.15, 0.2) is 5.78 Å². The zero-order chi connectivity index (χ0) is 25.7. The van der Waals surface area contributed by atoms with E-state index in [1.54, 1.807) is 6.07 Å². The highest BCUT2D eigenvalue weighted by atomic mass is 19.4. The van der Waals surface area contributed by atoms with Gasteiger partial charge in [-0.2, -0.15) is 13.2 Å². The minimum absolute atomic E-state index is 0.0974. The molecular weight excluding hydrogens is 479 g/mol. The molecule has 0 radical (unpaired) electrons. The van der Waals surface area contributed by atoms with E-state index in [2.05, 4.69) is 19.8 Å². The number of nitrogen functional groups attached to an aromatic ring is 1. The number of fused-ring (bicyclic) bond motifs is 3. The largest absolute Gasteiger partial charge is 0.416 e. The van der Waals surface area contributed by atoms with Crippen LogP contribution in [0.3, 0.4) is 0 Å². The molecule has 1 saturated heterocycles. The molecule has 0 amide bonds. The predicted octanol–water partition coefficient (Wildman–Crippen LogP) is 5.28. The summed E-state index contributed by atoms with van der Waals surface area (Å²) in [4.78, 5) is 26.7. The summed E-state index contributed by atoms with van der Waals surface area (Å²) >= 11 is 0. The van der Waals surface area contributed by atoms with E-state index in [4.69, 9.17) is 5.73 Å². The molecule has 3 aromatic carbocycles. The van der Waals surface area contributed by atoms with E-state index in [1.807, 2.05) is 42.5 Å². The first-order valence-electron chi connectivity index (χ1n) is 11.9. The predicted molar refractivity (Wildman–Crippen MR) is 137 cm³/mol. The Morgan fingerprint density at radius 3 is 2.05 bits per heavy atom. The molecule has 0 unspecified atom stereocenters. The van der Waals surface area contributed by atoms with Crippen molar-refractivity contribution in [2.75, 3.05) is 41.7 Å². The second-order valence-electron chi connectivity index (χ2n) is 9.07. The van der Waals surface area contributed by atoms with Crippen molar-refractivity contribution in [1.82, 2.24) is 9.97 Å². The van der Waals surface area contributed by atoms with Gasteiger partial charge in [0.1, 0.15) is 0 Å². The molecular formula is C28H22F3N5O. The van der Waals surface area contributed by atoms with Crippen LogP contribution in [0.25, 0.3) is 22.5 Å². The number of ketones is 1. The average molecular weight is 502 g/mol. The number of alkyl halides is 3. The van der Waals surface area contributed by atoms with Crippen molar-refractivity contribution in [2.45, 2.75) is 6.18 Å². The molecule has 0 spiro atoms. The summed E-state index contributed by atoms with van der Waals surface area (Å²) < 4.78 is 38.8. The van der Waals surface area contributed by atoms with Crippen LogP contribution < -0.4 is 15.5 Å². The topological polar surface area (TPSA) is 75.3 Å². The van der Waals surface area contributed by atoms with Gasteiger partial charge < -0.3 is 15.5 Å². The molecule has 1 aliphatic heterocycles. The number of anilines is 3. The van der Waals surface area contributed by atoms with E-state index in [0.29, 0.717) is 48.7 Å². The highest BCUT2D eigenvalue weighted by molar-refractivity contribution is 6.25. The first kappa shape index (κ1) is 23.0. The van der Waals surface area contributed by atoms with Crippen LogP contribution in [0.1, 0.15) is 21.5 Å². The number of benzene rings is 3. The van der Waals surface area contributed by atoms with E-state index in [0.717, 1.165) is 34.6 Å². The number of nitrogens with zero attached hydrogens (tertiary/aromatic N) is 4. The van der Waals surface area contributed by atoms with Crippen molar-refractivity contribution in [2.24, 2.45) is 0 Å². The maximum Gasteiger partial charge on any atom is 0.416 e. The SMILES string of the molecule is Nc1nc(-c2ccccc2)c2c(n1)-c1c(cccc1N1CCN(c3ccc(C(F)(F)F)cc3)CC1)C2=O. The molecule has 37 heavy (non-hydrogen) atoms. The van der Waals surface area contributed by atoms with Gasteiger partial charge >= 0.3 is 6.18 Å². The highest BCUT2D eigenvalue weighted by Crippen LogP contribution is 2.45. The van der Waals surface area contributed by atoms with Crippen LogP contribution in [0.15, 0.2) is 72.8 Å². The van der Waals surface area contributed by atoms with Gasteiger partial charge in [-0.15, -0.1) is 0 Å². The number of piperazine rings is 1. The van der Waals surface area contributed by atoms with Crippen LogP contribution in [-0.2, 0) is 6.18 Å². The maximum absolute atomic E-state index is 13.5. The van der Waals surface area contributed by atoms with Gasteiger partial charge in [-0.3, -0.25) is 4.79 Å². The van der Waals surface area contributed by atoms with Gasteiger partial charge in [0.25, 0.3) is 0 Å². The first-order valence-corrected chi connectivity index (χ1v) is 11.9. The Kier molecular flexibility index (Phi) is 5.36. The fourth-order valence-corrected chi connectivity index (χ4v) is 5.12. The number of carbonyl (C=O) groups is 1. The lowest BCUT2D eigenvalue weighted by molar-refractivity contribution is -0.137. The molecule has 2 heterocycles. The quantitative estimate of drug-likeness (QED) is 0.363. The number of nitrogens with two attached hydrogens (primary N) is 1. The Morgan fingerprint density at radius 2 is 1.38 bits per heavy atom. The average Bonchev–Trinajstić information content (AvgIpc) is 3.20. The van der Waals surface area contributed by atoms with Crippen LogP contribution in [0.5, 0.6) is 0 Å². The van der Waals surface area contributed by atoms with Crippen molar-refractivity contribution >= 4 is 23.1 Å². The van der Waals surface area contributed by atoms with Crippen LogP contribution in [0, 0.1) is 0 Å². The lowest BCUT2D eigenvalue weighted by Gasteiger charge is -2.38. The normalized spacial score (nSPS) is 15.1. The Morgan fingerprint density at radius 1 is 0.730 bits per heavy atom. The summed E-state index contributed by atoms with van der Waals surface area (Å²) in [7, 11) is 0. The second kappa shape index (κ2) is 8.62. The van der Waals surface area contributed by atoms with Gasteiger partial charge in [-0.1, -0.05) is 42.5 Å². The van der Waals surface area contributed by atoms with Gasteiger partial charge in [0.05, 0.1) is 22.5 Å². The van der Waals surface area contributed by atoms with E-state index in [9.17, 15) is 18.0 Å². The fourth-order valence-electron chi connectivity index (χ4n) is 5.12.